The quantitative estimate of drug-likeness (QED) is 0.491. The first-order valence-corrected chi connectivity index (χ1v) is 10.7. The van der Waals surface area contributed by atoms with Gasteiger partial charge in [0.1, 0.15) is 5.75 Å². The number of hydrogen-bond acceptors (Lipinski definition) is 4. The van der Waals surface area contributed by atoms with Crippen molar-refractivity contribution in [2.75, 3.05) is 22.5 Å². The summed E-state index contributed by atoms with van der Waals surface area (Å²) in [5.41, 5.74) is 1.73. The van der Waals surface area contributed by atoms with Crippen LogP contribution in [0, 0.1) is 6.92 Å². The van der Waals surface area contributed by atoms with Gasteiger partial charge in [0.2, 0.25) is 0 Å². The Morgan fingerprint density at radius 2 is 1.60 bits per heavy atom. The van der Waals surface area contributed by atoms with E-state index in [1.165, 1.54) is 13.2 Å². The Balaban J connectivity index is 1.79. The van der Waals surface area contributed by atoms with Crippen molar-refractivity contribution in [2.24, 2.45) is 0 Å². The predicted molar refractivity (Wildman–Crippen MR) is 119 cm³/mol. The number of sulfonamides is 1. The highest BCUT2D eigenvalue weighted by Crippen LogP contribution is 2.25. The Bertz CT molecular complexity index is 1170. The van der Waals surface area contributed by atoms with Gasteiger partial charge in [0.15, 0.2) is 0 Å². The van der Waals surface area contributed by atoms with E-state index in [0.717, 1.165) is 0 Å². The Kier molecular flexibility index (Phi) is 6.49. The SMILES string of the molecule is COc1ccccc1NC(=O)Nc1ccc(C)c(S(=O)(=O)Nc2ccc(Cl)cc2)c1. The van der Waals surface area contributed by atoms with E-state index in [1.54, 1.807) is 67.6 Å². The number of halogens is 1. The number of rotatable bonds is 6. The van der Waals surface area contributed by atoms with E-state index in [9.17, 15) is 13.2 Å². The largest absolute Gasteiger partial charge is 0.495 e. The van der Waals surface area contributed by atoms with Gasteiger partial charge < -0.3 is 15.4 Å². The van der Waals surface area contributed by atoms with Crippen LogP contribution >= 0.6 is 11.6 Å². The number of para-hydroxylation sites is 2. The van der Waals surface area contributed by atoms with Gasteiger partial charge in [-0.3, -0.25) is 4.72 Å². The Hall–Kier alpha value is -3.23. The maximum atomic E-state index is 12.8. The lowest BCUT2D eigenvalue weighted by atomic mass is 10.2. The average Bonchev–Trinajstić information content (AvgIpc) is 2.71. The smallest absolute Gasteiger partial charge is 0.323 e. The highest BCUT2D eigenvalue weighted by molar-refractivity contribution is 7.92. The molecule has 7 nitrogen and oxygen atoms in total. The normalized spacial score (nSPS) is 10.9. The molecule has 9 heteroatoms. The number of carbonyl (C=O) groups excluding carboxylic acids is 1. The number of anilines is 3. The van der Waals surface area contributed by atoms with E-state index in [1.807, 2.05) is 0 Å². The van der Waals surface area contributed by atoms with Gasteiger partial charge in [-0.1, -0.05) is 29.8 Å². The second-order valence-corrected chi connectivity index (χ2v) is 8.46. The van der Waals surface area contributed by atoms with E-state index in [-0.39, 0.29) is 4.90 Å². The molecular formula is C21H20ClN3O4S. The van der Waals surface area contributed by atoms with Crippen molar-refractivity contribution in [2.45, 2.75) is 11.8 Å². The number of carbonyl (C=O) groups is 1. The van der Waals surface area contributed by atoms with Gasteiger partial charge in [-0.15, -0.1) is 0 Å². The number of methoxy groups -OCH3 is 1. The number of amides is 2. The topological polar surface area (TPSA) is 96.5 Å². The summed E-state index contributed by atoms with van der Waals surface area (Å²) >= 11 is 5.84. The van der Waals surface area contributed by atoms with Crippen molar-refractivity contribution in [1.29, 1.82) is 0 Å². The van der Waals surface area contributed by atoms with E-state index in [2.05, 4.69) is 15.4 Å². The first-order valence-electron chi connectivity index (χ1n) is 8.88. The molecule has 0 aliphatic heterocycles. The fourth-order valence-electron chi connectivity index (χ4n) is 2.73. The van der Waals surface area contributed by atoms with Crippen molar-refractivity contribution < 1.29 is 17.9 Å². The van der Waals surface area contributed by atoms with Crippen LogP contribution in [0.5, 0.6) is 5.75 Å². The predicted octanol–water partition coefficient (Wildman–Crippen LogP) is 5.10. The molecule has 0 unspecified atom stereocenters. The van der Waals surface area contributed by atoms with Crippen LogP contribution < -0.4 is 20.1 Å². The number of urea groups is 1. The number of ether oxygens (including phenoxy) is 1. The molecule has 0 aliphatic rings. The third-order valence-electron chi connectivity index (χ3n) is 4.19. The van der Waals surface area contributed by atoms with Crippen LogP contribution in [0.4, 0.5) is 21.9 Å². The molecule has 0 heterocycles. The molecule has 0 radical (unpaired) electrons. The van der Waals surface area contributed by atoms with Crippen LogP contribution in [-0.4, -0.2) is 21.6 Å². The van der Waals surface area contributed by atoms with Crippen LogP contribution in [0.25, 0.3) is 0 Å². The molecule has 3 rings (SSSR count). The fraction of sp³-hybridized carbons (Fsp3) is 0.0952. The van der Waals surface area contributed by atoms with Crippen LogP contribution in [-0.2, 0) is 10.0 Å². The first kappa shape index (κ1) is 21.5. The minimum Gasteiger partial charge on any atom is -0.495 e. The minimum atomic E-state index is -3.87. The molecule has 3 aromatic carbocycles. The summed E-state index contributed by atoms with van der Waals surface area (Å²) in [5, 5.41) is 5.81. The number of aryl methyl sites for hydroxylation is 1. The van der Waals surface area contributed by atoms with E-state index >= 15 is 0 Å². The molecule has 0 aliphatic carbocycles. The van der Waals surface area contributed by atoms with Crippen LogP contribution in [0.1, 0.15) is 5.56 Å². The Morgan fingerprint density at radius 3 is 2.30 bits per heavy atom. The molecule has 3 N–H and O–H groups in total. The number of nitrogens with one attached hydrogen (secondary N) is 3. The first-order chi connectivity index (χ1) is 14.3. The average molecular weight is 446 g/mol. The molecular weight excluding hydrogens is 426 g/mol. The minimum absolute atomic E-state index is 0.0486. The second kappa shape index (κ2) is 9.06. The zero-order valence-corrected chi connectivity index (χ0v) is 17.8. The van der Waals surface area contributed by atoms with Crippen LogP contribution in [0.3, 0.4) is 0 Å². The van der Waals surface area contributed by atoms with Crippen molar-refractivity contribution in [3.8, 4) is 5.75 Å². The zero-order valence-electron chi connectivity index (χ0n) is 16.3. The summed E-state index contributed by atoms with van der Waals surface area (Å²) in [4.78, 5) is 12.4. The third kappa shape index (κ3) is 5.22. The van der Waals surface area contributed by atoms with Gasteiger partial charge >= 0.3 is 6.03 Å². The Labute approximate surface area is 180 Å². The molecule has 30 heavy (non-hydrogen) atoms. The molecule has 156 valence electrons. The van der Waals surface area contributed by atoms with Gasteiger partial charge in [-0.25, -0.2) is 13.2 Å². The second-order valence-electron chi connectivity index (χ2n) is 6.37. The lowest BCUT2D eigenvalue weighted by Gasteiger charge is -2.14. The molecule has 0 saturated heterocycles. The highest BCUT2D eigenvalue weighted by atomic mass is 35.5. The standard InChI is InChI=1S/C21H20ClN3O4S/c1-14-7-10-17(23-21(26)24-18-5-3-4-6-19(18)29-2)13-20(14)30(27,28)25-16-11-8-15(22)9-12-16/h3-13,25H,1-2H3,(H2,23,24,26). The third-order valence-corrected chi connectivity index (χ3v) is 5.96. The summed E-state index contributed by atoms with van der Waals surface area (Å²) in [6, 6.07) is 17.4. The molecule has 0 aromatic heterocycles. The van der Waals surface area contributed by atoms with E-state index < -0.39 is 16.1 Å². The van der Waals surface area contributed by atoms with E-state index in [4.69, 9.17) is 16.3 Å². The van der Waals surface area contributed by atoms with Crippen molar-refractivity contribution >= 4 is 44.7 Å². The highest BCUT2D eigenvalue weighted by Gasteiger charge is 2.18. The zero-order chi connectivity index (χ0) is 21.7. The fourth-order valence-corrected chi connectivity index (χ4v) is 4.18. The summed E-state index contributed by atoms with van der Waals surface area (Å²) in [6.07, 6.45) is 0. The Morgan fingerprint density at radius 1 is 0.933 bits per heavy atom. The summed E-state index contributed by atoms with van der Waals surface area (Å²) in [5.74, 6) is 0.506. The van der Waals surface area contributed by atoms with Gasteiger partial charge in [0.05, 0.1) is 17.7 Å². The molecule has 0 spiro atoms. The van der Waals surface area contributed by atoms with Gasteiger partial charge in [-0.2, -0.15) is 0 Å². The van der Waals surface area contributed by atoms with E-state index in [0.29, 0.717) is 33.4 Å². The molecule has 0 atom stereocenters. The summed E-state index contributed by atoms with van der Waals surface area (Å²) < 4.78 is 33.4. The molecule has 2 amide bonds. The van der Waals surface area contributed by atoms with Gasteiger partial charge in [-0.05, 0) is 61.0 Å². The molecule has 0 bridgehead atoms. The molecule has 0 saturated carbocycles. The number of hydrogen-bond donors (Lipinski definition) is 3. The maximum absolute atomic E-state index is 12.8. The summed E-state index contributed by atoms with van der Waals surface area (Å²) in [6.45, 7) is 1.68. The van der Waals surface area contributed by atoms with Gasteiger partial charge in [0.25, 0.3) is 10.0 Å². The number of benzene rings is 3. The lowest BCUT2D eigenvalue weighted by molar-refractivity contribution is 0.262. The summed E-state index contributed by atoms with van der Waals surface area (Å²) in [7, 11) is -2.37. The molecule has 0 fully saturated rings. The monoisotopic (exact) mass is 445 g/mol. The molecule has 3 aromatic rings. The van der Waals surface area contributed by atoms with Crippen molar-refractivity contribution in [3.05, 3.63) is 77.3 Å². The van der Waals surface area contributed by atoms with Crippen molar-refractivity contribution in [1.82, 2.24) is 0 Å². The van der Waals surface area contributed by atoms with Crippen LogP contribution in [0.15, 0.2) is 71.6 Å². The van der Waals surface area contributed by atoms with Crippen LogP contribution in [0.2, 0.25) is 5.02 Å². The van der Waals surface area contributed by atoms with Crippen molar-refractivity contribution in [3.63, 3.8) is 0 Å². The lowest BCUT2D eigenvalue weighted by Crippen LogP contribution is -2.20. The van der Waals surface area contributed by atoms with Gasteiger partial charge in [0, 0.05) is 16.4 Å². The maximum Gasteiger partial charge on any atom is 0.323 e.